The van der Waals surface area contributed by atoms with E-state index in [-0.39, 0.29) is 0 Å². The Morgan fingerprint density at radius 3 is 1.48 bits per heavy atom. The fourth-order valence-corrected chi connectivity index (χ4v) is 2.77. The third-order valence-corrected chi connectivity index (χ3v) is 3.85. The maximum absolute atomic E-state index is 13.5. The lowest BCUT2D eigenvalue weighted by Crippen LogP contribution is -2.39. The van der Waals surface area contributed by atoms with Crippen LogP contribution in [0.1, 0.15) is 0 Å². The molecule has 3 aromatic rings. The first-order chi connectivity index (χ1) is 12.2. The van der Waals surface area contributed by atoms with Gasteiger partial charge >= 0.3 is 0 Å². The lowest BCUT2D eigenvalue weighted by atomic mass is 10.3. The summed E-state index contributed by atoms with van der Waals surface area (Å²) >= 11 is 0. The first-order valence-corrected chi connectivity index (χ1v) is 7.37. The van der Waals surface area contributed by atoms with Crippen molar-refractivity contribution in [1.29, 1.82) is 0 Å². The molecule has 0 saturated heterocycles. The Kier molecular flexibility index (Phi) is 3.73. The molecule has 1 aromatic heterocycles. The van der Waals surface area contributed by atoms with Crippen LogP contribution >= 0.6 is 0 Å². The van der Waals surface area contributed by atoms with Gasteiger partial charge in [0, 0.05) is 23.8 Å². The molecular weight excluding hydrogens is 333 g/mol. The molecule has 0 aliphatic carbocycles. The number of nitrogens with zero attached hydrogens (tertiary/aromatic N) is 4. The topological polar surface area (TPSA) is 41.5 Å². The third-order valence-electron chi connectivity index (χ3n) is 3.85. The van der Waals surface area contributed by atoms with Crippen LogP contribution in [-0.2, 0) is 4.94 Å². The number of anilines is 4. The van der Waals surface area contributed by atoms with E-state index >= 15 is 0 Å². The Morgan fingerprint density at radius 1 is 0.720 bits per heavy atom. The summed E-state index contributed by atoms with van der Waals surface area (Å²) in [4.78, 5) is 15.5. The highest BCUT2D eigenvalue weighted by Crippen LogP contribution is 2.45. The van der Waals surface area contributed by atoms with Gasteiger partial charge in [0.05, 0.1) is 0 Å². The van der Waals surface area contributed by atoms with Crippen LogP contribution in [0.4, 0.5) is 36.3 Å². The Balaban J connectivity index is 1.86. The summed E-state index contributed by atoms with van der Waals surface area (Å²) in [6.07, 6.45) is 1.66. The van der Waals surface area contributed by atoms with E-state index in [2.05, 4.69) is 14.9 Å². The molecular formula is C17H11F3N4O. The maximum atomic E-state index is 13.5. The highest BCUT2D eigenvalue weighted by Gasteiger charge is 2.42. The zero-order valence-electron chi connectivity index (χ0n) is 12.7. The van der Waals surface area contributed by atoms with Gasteiger partial charge in [-0.3, -0.25) is 9.80 Å². The number of benzene rings is 2. The lowest BCUT2D eigenvalue weighted by Gasteiger charge is -2.28. The van der Waals surface area contributed by atoms with Gasteiger partial charge in [0.2, 0.25) is 0 Å². The maximum Gasteiger partial charge on any atom is 0.258 e. The van der Waals surface area contributed by atoms with Crippen LogP contribution in [0.2, 0.25) is 0 Å². The van der Waals surface area contributed by atoms with E-state index in [1.54, 1.807) is 0 Å². The number of fused-ring (bicyclic) bond motifs is 1. The summed E-state index contributed by atoms with van der Waals surface area (Å²) in [5.41, 5.74) is 0.936. The molecule has 126 valence electrons. The van der Waals surface area contributed by atoms with E-state index in [0.29, 0.717) is 23.0 Å². The fourth-order valence-electron chi connectivity index (χ4n) is 2.77. The van der Waals surface area contributed by atoms with E-state index in [4.69, 9.17) is 0 Å². The fraction of sp³-hybridized carbons (Fsp3) is 0.0588. The molecule has 4 rings (SSSR count). The average molecular weight is 344 g/mol. The predicted molar refractivity (Wildman–Crippen MR) is 85.1 cm³/mol. The molecule has 1 aliphatic heterocycles. The Bertz CT molecular complexity index is 817. The Hall–Kier alpha value is -3.13. The van der Waals surface area contributed by atoms with Crippen LogP contribution in [0.3, 0.4) is 0 Å². The lowest BCUT2D eigenvalue weighted by molar-refractivity contribution is -0.171. The molecule has 0 fully saturated rings. The summed E-state index contributed by atoms with van der Waals surface area (Å²) in [6, 6.07) is 10.9. The molecule has 2 aromatic carbocycles. The van der Waals surface area contributed by atoms with Gasteiger partial charge in [-0.05, 0) is 53.1 Å². The Labute approximate surface area is 140 Å². The second-order valence-corrected chi connectivity index (χ2v) is 5.31. The first kappa shape index (κ1) is 15.4. The summed E-state index contributed by atoms with van der Waals surface area (Å²) in [7, 11) is 0. The van der Waals surface area contributed by atoms with Crippen molar-refractivity contribution in [1.82, 2.24) is 9.97 Å². The van der Waals surface area contributed by atoms with Crippen LogP contribution in [0.15, 0.2) is 60.9 Å². The monoisotopic (exact) mass is 344 g/mol. The van der Waals surface area contributed by atoms with E-state index in [9.17, 15) is 13.3 Å². The molecule has 0 unspecified atom stereocenters. The highest BCUT2D eigenvalue weighted by molar-refractivity contribution is 5.82. The summed E-state index contributed by atoms with van der Waals surface area (Å²) < 4.78 is 40.0. The second-order valence-electron chi connectivity index (χ2n) is 5.31. The van der Waals surface area contributed by atoms with Crippen LogP contribution in [0.5, 0.6) is 0 Å². The van der Waals surface area contributed by atoms with Crippen molar-refractivity contribution in [2.45, 2.75) is 6.35 Å². The molecule has 1 aliphatic rings. The van der Waals surface area contributed by atoms with E-state index < -0.39 is 18.0 Å². The minimum atomic E-state index is -1.26. The quantitative estimate of drug-likeness (QED) is 0.711. The first-order valence-electron chi connectivity index (χ1n) is 7.37. The average Bonchev–Trinajstić information content (AvgIpc) is 2.97. The van der Waals surface area contributed by atoms with E-state index in [1.807, 2.05) is 0 Å². The van der Waals surface area contributed by atoms with Gasteiger partial charge in [-0.25, -0.2) is 18.7 Å². The van der Waals surface area contributed by atoms with Gasteiger partial charge in [-0.1, -0.05) is 0 Å². The van der Waals surface area contributed by atoms with Gasteiger partial charge in [0.25, 0.3) is 6.35 Å². The third kappa shape index (κ3) is 2.56. The molecule has 0 atom stereocenters. The van der Waals surface area contributed by atoms with E-state index in [1.165, 1.54) is 70.7 Å². The van der Waals surface area contributed by atoms with Gasteiger partial charge in [0.1, 0.15) is 11.6 Å². The van der Waals surface area contributed by atoms with Crippen molar-refractivity contribution in [3.8, 4) is 0 Å². The molecule has 0 bridgehead atoms. The largest absolute Gasteiger partial charge is 0.276 e. The van der Waals surface area contributed by atoms with Gasteiger partial charge in [-0.2, -0.15) is 0 Å². The molecule has 5 nitrogen and oxygen atoms in total. The van der Waals surface area contributed by atoms with E-state index in [0.717, 1.165) is 0 Å². The normalized spacial score (nSPS) is 14.0. The van der Waals surface area contributed by atoms with Crippen molar-refractivity contribution < 1.29 is 18.2 Å². The van der Waals surface area contributed by atoms with Crippen molar-refractivity contribution >= 4 is 23.0 Å². The minimum absolute atomic E-state index is 0.334. The molecule has 0 spiro atoms. The van der Waals surface area contributed by atoms with Crippen molar-refractivity contribution in [3.05, 3.63) is 72.6 Å². The second kappa shape index (κ2) is 6.06. The molecule has 25 heavy (non-hydrogen) atoms. The zero-order chi connectivity index (χ0) is 17.4. The standard InChI is InChI=1S/C17H11F3N4O/c18-11-1-5-13(6-2-11)23-15-16(22-10-9-21-15)24(17(23)25-20)14-7-3-12(19)4-8-14/h1-10,17H. The van der Waals surface area contributed by atoms with Crippen LogP contribution in [-0.4, -0.2) is 16.3 Å². The molecule has 0 radical (unpaired) electrons. The Morgan fingerprint density at radius 2 is 1.12 bits per heavy atom. The van der Waals surface area contributed by atoms with Gasteiger partial charge < -0.3 is 0 Å². The summed E-state index contributed by atoms with van der Waals surface area (Å²) in [5, 5.41) is 0. The van der Waals surface area contributed by atoms with Crippen LogP contribution in [0, 0.1) is 11.6 Å². The van der Waals surface area contributed by atoms with Crippen LogP contribution < -0.4 is 9.80 Å². The van der Waals surface area contributed by atoms with Gasteiger partial charge in [-0.15, -0.1) is 4.94 Å². The van der Waals surface area contributed by atoms with Crippen molar-refractivity contribution in [2.24, 2.45) is 0 Å². The zero-order valence-corrected chi connectivity index (χ0v) is 12.7. The molecule has 0 amide bonds. The van der Waals surface area contributed by atoms with Crippen molar-refractivity contribution in [3.63, 3.8) is 0 Å². The number of hydrogen-bond donors (Lipinski definition) is 0. The molecule has 8 heteroatoms. The molecule has 2 heterocycles. The van der Waals surface area contributed by atoms with Crippen LogP contribution in [0.25, 0.3) is 0 Å². The number of hydrogen-bond acceptors (Lipinski definition) is 5. The van der Waals surface area contributed by atoms with Gasteiger partial charge in [0.15, 0.2) is 11.6 Å². The molecule has 0 N–H and O–H groups in total. The predicted octanol–water partition coefficient (Wildman–Crippen LogP) is 4.23. The molecule has 0 saturated carbocycles. The summed E-state index contributed by atoms with van der Waals surface area (Å²) in [6.45, 7) is 0. The smallest absolute Gasteiger partial charge is 0.258 e. The number of rotatable bonds is 3. The number of aromatic nitrogens is 2. The number of halogens is 3. The minimum Gasteiger partial charge on any atom is -0.276 e. The van der Waals surface area contributed by atoms with Crippen molar-refractivity contribution in [2.75, 3.05) is 9.80 Å². The summed E-state index contributed by atoms with van der Waals surface area (Å²) in [5.74, 6) is -0.173. The SMILES string of the molecule is FOC1N(c2ccc(F)cc2)c2nccnc2N1c1ccc(F)cc1. The highest BCUT2D eigenvalue weighted by atomic mass is 19.3.